The van der Waals surface area contributed by atoms with Gasteiger partial charge >= 0.3 is 0 Å². The van der Waals surface area contributed by atoms with Crippen LogP contribution in [-0.2, 0) is 0 Å². The van der Waals surface area contributed by atoms with Crippen LogP contribution in [0.25, 0.3) is 0 Å². The maximum Gasteiger partial charge on any atom is 0.106 e. The van der Waals surface area contributed by atoms with Crippen LogP contribution in [0, 0.1) is 0 Å². The van der Waals surface area contributed by atoms with Crippen LogP contribution in [0.1, 0.15) is 50.0 Å². The molecular formula is C20H26Cl2O4. The summed E-state index contributed by atoms with van der Waals surface area (Å²) in [7, 11) is 0. The third-order valence-electron chi connectivity index (χ3n) is 4.01. The lowest BCUT2D eigenvalue weighted by Crippen LogP contribution is -2.17. The van der Waals surface area contributed by atoms with Gasteiger partial charge in [-0.15, -0.1) is 0 Å². The van der Waals surface area contributed by atoms with E-state index in [1.54, 1.807) is 48.5 Å². The SMILES string of the molecule is CC[C@@H](O)[C@H](O)c1ccccc1Cl.CC[C@H](O)[C@@H](O)c1ccccc1Cl. The molecule has 0 saturated heterocycles. The number of aliphatic hydroxyl groups excluding tert-OH is 4. The minimum atomic E-state index is -0.890. The van der Waals surface area contributed by atoms with Gasteiger partial charge in [-0.2, -0.15) is 0 Å². The highest BCUT2D eigenvalue weighted by atomic mass is 35.5. The van der Waals surface area contributed by atoms with Gasteiger partial charge in [0.2, 0.25) is 0 Å². The topological polar surface area (TPSA) is 80.9 Å². The first kappa shape index (κ1) is 22.9. The Hall–Kier alpha value is -1.14. The molecule has 0 aliphatic heterocycles. The molecule has 2 aromatic carbocycles. The Morgan fingerprint density at radius 2 is 0.962 bits per heavy atom. The van der Waals surface area contributed by atoms with Crippen molar-refractivity contribution in [2.24, 2.45) is 0 Å². The summed E-state index contributed by atoms with van der Waals surface area (Å²) in [6.45, 7) is 3.62. The normalized spacial score (nSPS) is 15.4. The van der Waals surface area contributed by atoms with Crippen molar-refractivity contribution in [2.75, 3.05) is 0 Å². The minimum absolute atomic E-state index is 0.488. The van der Waals surface area contributed by atoms with Crippen molar-refractivity contribution in [3.8, 4) is 0 Å². The van der Waals surface area contributed by atoms with Crippen molar-refractivity contribution in [1.82, 2.24) is 0 Å². The molecule has 4 atom stereocenters. The molecule has 0 aliphatic rings. The second-order valence-corrected chi connectivity index (χ2v) is 6.70. The van der Waals surface area contributed by atoms with Gasteiger partial charge in [0.05, 0.1) is 12.2 Å². The van der Waals surface area contributed by atoms with Crippen LogP contribution < -0.4 is 0 Å². The van der Waals surface area contributed by atoms with Gasteiger partial charge in [0.15, 0.2) is 0 Å². The van der Waals surface area contributed by atoms with Crippen LogP contribution in [0.3, 0.4) is 0 Å². The number of rotatable bonds is 6. The van der Waals surface area contributed by atoms with E-state index in [0.29, 0.717) is 34.0 Å². The second-order valence-electron chi connectivity index (χ2n) is 5.88. The predicted octanol–water partition coefficient (Wildman–Crippen LogP) is 4.29. The molecule has 4 N–H and O–H groups in total. The van der Waals surface area contributed by atoms with Crippen molar-refractivity contribution < 1.29 is 20.4 Å². The summed E-state index contributed by atoms with van der Waals surface area (Å²) in [4.78, 5) is 0. The van der Waals surface area contributed by atoms with Gasteiger partial charge in [-0.25, -0.2) is 0 Å². The Morgan fingerprint density at radius 3 is 1.23 bits per heavy atom. The number of hydrogen-bond acceptors (Lipinski definition) is 4. The Morgan fingerprint density at radius 1 is 0.654 bits per heavy atom. The van der Waals surface area contributed by atoms with Crippen molar-refractivity contribution in [3.05, 3.63) is 69.7 Å². The largest absolute Gasteiger partial charge is 0.390 e. The first-order valence-electron chi connectivity index (χ1n) is 8.54. The summed E-state index contributed by atoms with van der Waals surface area (Å²) < 4.78 is 0. The molecule has 2 rings (SSSR count). The van der Waals surface area contributed by atoms with Crippen LogP contribution in [0.15, 0.2) is 48.5 Å². The average molecular weight is 401 g/mol. The summed E-state index contributed by atoms with van der Waals surface area (Å²) in [6.07, 6.45) is -2.27. The molecular weight excluding hydrogens is 375 g/mol. The van der Waals surface area contributed by atoms with Crippen LogP contribution >= 0.6 is 23.2 Å². The summed E-state index contributed by atoms with van der Waals surface area (Å²) in [5, 5.41) is 39.0. The van der Waals surface area contributed by atoms with E-state index in [0.717, 1.165) is 0 Å². The molecule has 0 amide bonds. The Bertz CT molecular complexity index is 608. The molecule has 0 saturated carbocycles. The molecule has 144 valence electrons. The predicted molar refractivity (Wildman–Crippen MR) is 105 cm³/mol. The molecule has 0 heterocycles. The Kier molecular flexibility index (Phi) is 10.2. The standard InChI is InChI=1S/2C10H13ClO2/c2*1-2-9(12)10(13)7-5-3-4-6-8(7)11/h2*3-6,9-10,12-13H,2H2,1H3/t2*9-,10-/m10/s1. The second kappa shape index (κ2) is 11.5. The van der Waals surface area contributed by atoms with E-state index in [1.807, 2.05) is 13.8 Å². The zero-order valence-corrected chi connectivity index (χ0v) is 16.4. The molecule has 0 aliphatic carbocycles. The quantitative estimate of drug-likeness (QED) is 0.582. The van der Waals surface area contributed by atoms with E-state index in [4.69, 9.17) is 23.2 Å². The smallest absolute Gasteiger partial charge is 0.106 e. The number of aliphatic hydroxyl groups is 4. The molecule has 6 heteroatoms. The summed E-state index contributed by atoms with van der Waals surface area (Å²) in [5.41, 5.74) is 1.16. The third kappa shape index (κ3) is 6.54. The molecule has 0 spiro atoms. The molecule has 26 heavy (non-hydrogen) atoms. The van der Waals surface area contributed by atoms with Crippen molar-refractivity contribution in [3.63, 3.8) is 0 Å². The summed E-state index contributed by atoms with van der Waals surface area (Å²) in [5.74, 6) is 0. The van der Waals surface area contributed by atoms with Crippen LogP contribution in [0.4, 0.5) is 0 Å². The van der Waals surface area contributed by atoms with Gasteiger partial charge in [0.25, 0.3) is 0 Å². The first-order chi connectivity index (χ1) is 12.3. The first-order valence-corrected chi connectivity index (χ1v) is 9.30. The molecule has 2 aromatic rings. The number of halogens is 2. The summed E-state index contributed by atoms with van der Waals surface area (Å²) in [6, 6.07) is 14.0. The lowest BCUT2D eigenvalue weighted by atomic mass is 10.0. The lowest BCUT2D eigenvalue weighted by molar-refractivity contribution is 0.0165. The van der Waals surface area contributed by atoms with Crippen LogP contribution in [-0.4, -0.2) is 32.6 Å². The van der Waals surface area contributed by atoms with Crippen molar-refractivity contribution in [2.45, 2.75) is 51.1 Å². The average Bonchev–Trinajstić information content (AvgIpc) is 2.67. The highest BCUT2D eigenvalue weighted by Crippen LogP contribution is 2.26. The van der Waals surface area contributed by atoms with Gasteiger partial charge in [-0.05, 0) is 25.0 Å². The number of hydrogen-bond donors (Lipinski definition) is 4. The third-order valence-corrected chi connectivity index (χ3v) is 4.70. The van der Waals surface area contributed by atoms with Gasteiger partial charge in [-0.1, -0.05) is 73.4 Å². The van der Waals surface area contributed by atoms with Crippen molar-refractivity contribution in [1.29, 1.82) is 0 Å². The Balaban J connectivity index is 0.000000260. The minimum Gasteiger partial charge on any atom is -0.390 e. The van der Waals surface area contributed by atoms with Crippen molar-refractivity contribution >= 4 is 23.2 Å². The van der Waals surface area contributed by atoms with E-state index >= 15 is 0 Å². The molecule has 0 unspecified atom stereocenters. The van der Waals surface area contributed by atoms with E-state index in [9.17, 15) is 20.4 Å². The fraction of sp³-hybridized carbons (Fsp3) is 0.400. The number of benzene rings is 2. The zero-order chi connectivity index (χ0) is 19.7. The van der Waals surface area contributed by atoms with E-state index in [2.05, 4.69) is 0 Å². The molecule has 0 fully saturated rings. The monoisotopic (exact) mass is 400 g/mol. The van der Waals surface area contributed by atoms with Crippen LogP contribution in [0.5, 0.6) is 0 Å². The van der Waals surface area contributed by atoms with Gasteiger partial charge in [0.1, 0.15) is 12.2 Å². The summed E-state index contributed by atoms with van der Waals surface area (Å²) >= 11 is 11.7. The Labute approximate surface area is 164 Å². The van der Waals surface area contributed by atoms with E-state index < -0.39 is 24.4 Å². The maximum atomic E-state index is 9.64. The fourth-order valence-corrected chi connectivity index (χ4v) is 2.79. The molecule has 0 aromatic heterocycles. The van der Waals surface area contributed by atoms with E-state index in [-0.39, 0.29) is 0 Å². The molecule has 0 bridgehead atoms. The fourth-order valence-electron chi connectivity index (χ4n) is 2.29. The van der Waals surface area contributed by atoms with Crippen LogP contribution in [0.2, 0.25) is 10.0 Å². The van der Waals surface area contributed by atoms with E-state index in [1.165, 1.54) is 0 Å². The zero-order valence-electron chi connectivity index (χ0n) is 14.9. The molecule has 4 nitrogen and oxygen atoms in total. The highest BCUT2D eigenvalue weighted by molar-refractivity contribution is 6.31. The van der Waals surface area contributed by atoms with Gasteiger partial charge < -0.3 is 20.4 Å². The van der Waals surface area contributed by atoms with Gasteiger partial charge in [0, 0.05) is 21.2 Å². The van der Waals surface area contributed by atoms with Gasteiger partial charge in [-0.3, -0.25) is 0 Å². The maximum absolute atomic E-state index is 9.64. The lowest BCUT2D eigenvalue weighted by Gasteiger charge is -2.17. The highest BCUT2D eigenvalue weighted by Gasteiger charge is 2.19. The molecule has 0 radical (unpaired) electrons.